The second kappa shape index (κ2) is 11.8. The predicted molar refractivity (Wildman–Crippen MR) is 161 cm³/mol. The Kier molecular flexibility index (Phi) is 8.16. The van der Waals surface area contributed by atoms with Gasteiger partial charge < -0.3 is 20.5 Å². The molecule has 2 aliphatic rings. The van der Waals surface area contributed by atoms with E-state index in [1.54, 1.807) is 30.2 Å². The topological polar surface area (TPSA) is 133 Å². The number of nitro groups is 1. The van der Waals surface area contributed by atoms with Gasteiger partial charge in [0, 0.05) is 53.6 Å². The highest BCUT2D eigenvalue weighted by Crippen LogP contribution is 2.48. The first kappa shape index (κ1) is 28.4. The summed E-state index contributed by atoms with van der Waals surface area (Å²) in [5.74, 6) is 1.25. The Bertz CT molecular complexity index is 1510. The summed E-state index contributed by atoms with van der Waals surface area (Å²) in [7, 11) is 0. The lowest BCUT2D eigenvalue weighted by molar-refractivity contribution is -0.384. The summed E-state index contributed by atoms with van der Waals surface area (Å²) >= 11 is 1.68. The van der Waals surface area contributed by atoms with Crippen molar-refractivity contribution >= 4 is 40.5 Å². The normalized spacial score (nSPS) is 17.8. The number of thioether (sulfide) groups is 1. The van der Waals surface area contributed by atoms with Crippen LogP contribution in [0.3, 0.4) is 0 Å². The number of carbonyl (C=O) groups is 2. The van der Waals surface area contributed by atoms with E-state index in [2.05, 4.69) is 34.4 Å². The van der Waals surface area contributed by atoms with Crippen molar-refractivity contribution < 1.29 is 14.5 Å². The second-order valence-corrected chi connectivity index (χ2v) is 12.3. The number of allylic oxidation sites excluding steroid dienone is 1. The van der Waals surface area contributed by atoms with Crippen LogP contribution in [0, 0.1) is 22.5 Å². The zero-order valence-electron chi connectivity index (χ0n) is 23.4. The van der Waals surface area contributed by atoms with E-state index < -0.39 is 11.0 Å². The van der Waals surface area contributed by atoms with Crippen LogP contribution < -0.4 is 15.5 Å². The average Bonchev–Trinajstić information content (AvgIpc) is 3.27. The fourth-order valence-electron chi connectivity index (χ4n) is 5.56. The summed E-state index contributed by atoms with van der Waals surface area (Å²) in [4.78, 5) is 47.7. The number of nitro benzene ring substituents is 1. The van der Waals surface area contributed by atoms with Gasteiger partial charge in [-0.1, -0.05) is 38.1 Å². The number of aryl methyl sites for hydroxylation is 1. The van der Waals surface area contributed by atoms with Crippen LogP contribution in [0.1, 0.15) is 49.7 Å². The molecule has 41 heavy (non-hydrogen) atoms. The fourth-order valence-corrected chi connectivity index (χ4v) is 6.43. The van der Waals surface area contributed by atoms with E-state index in [4.69, 9.17) is 0 Å². The number of aromatic amines is 1. The number of nitrogens with zero attached hydrogens (tertiary/aromatic N) is 3. The Morgan fingerprint density at radius 2 is 2.02 bits per heavy atom. The lowest BCUT2D eigenvalue weighted by Gasteiger charge is -2.37. The molecule has 3 aromatic rings. The molecular formula is C30H34N6O4S. The van der Waals surface area contributed by atoms with Gasteiger partial charge >= 0.3 is 0 Å². The first-order valence-electron chi connectivity index (χ1n) is 13.6. The molecule has 0 saturated heterocycles. The Morgan fingerprint density at radius 1 is 1.22 bits per heavy atom. The number of hydrogen-bond acceptors (Lipinski definition) is 8. The van der Waals surface area contributed by atoms with Gasteiger partial charge in [-0.3, -0.25) is 19.7 Å². The monoisotopic (exact) mass is 574 g/mol. The number of aromatic nitrogens is 2. The molecule has 11 heteroatoms. The lowest BCUT2D eigenvalue weighted by Crippen LogP contribution is -2.42. The number of imidazole rings is 1. The molecule has 1 atom stereocenters. The third kappa shape index (κ3) is 6.30. The Hall–Kier alpha value is -4.12. The molecule has 1 unspecified atom stereocenters. The van der Waals surface area contributed by atoms with Crippen LogP contribution in [0.4, 0.5) is 17.1 Å². The minimum atomic E-state index is -0.674. The summed E-state index contributed by atoms with van der Waals surface area (Å²) in [6, 6.07) is 13.3. The SMILES string of the molecule is Cc1[nH]cnc1CSCCNC(=O)CN1c2ccccc2NC2=C(C(=O)CC(C)(C)C2)C1c1cccc([N+](=O)[O-])c1. The summed E-state index contributed by atoms with van der Waals surface area (Å²) in [5, 5.41) is 18.2. The molecule has 3 N–H and O–H groups in total. The Labute approximate surface area is 243 Å². The van der Waals surface area contributed by atoms with E-state index in [0.29, 0.717) is 36.3 Å². The molecule has 1 aliphatic carbocycles. The number of hydrogen-bond donors (Lipinski definition) is 3. The molecule has 1 aromatic heterocycles. The average molecular weight is 575 g/mol. The third-order valence-electron chi connectivity index (χ3n) is 7.46. The molecule has 5 rings (SSSR count). The van der Waals surface area contributed by atoms with Crippen LogP contribution in [0.2, 0.25) is 0 Å². The summed E-state index contributed by atoms with van der Waals surface area (Å²) < 4.78 is 0. The smallest absolute Gasteiger partial charge is 0.269 e. The Morgan fingerprint density at radius 3 is 2.78 bits per heavy atom. The molecule has 0 bridgehead atoms. The number of carbonyl (C=O) groups excluding carboxylic acids is 2. The van der Waals surface area contributed by atoms with Crippen molar-refractivity contribution in [1.82, 2.24) is 15.3 Å². The highest BCUT2D eigenvalue weighted by atomic mass is 32.2. The summed E-state index contributed by atoms with van der Waals surface area (Å²) in [6.45, 7) is 6.56. The predicted octanol–water partition coefficient (Wildman–Crippen LogP) is 5.29. The molecule has 1 amide bonds. The first-order valence-corrected chi connectivity index (χ1v) is 14.7. The van der Waals surface area contributed by atoms with Crippen LogP contribution in [0.25, 0.3) is 0 Å². The zero-order valence-corrected chi connectivity index (χ0v) is 24.2. The largest absolute Gasteiger partial charge is 0.357 e. The number of Topliss-reactive ketones (excluding diaryl/α,β-unsaturated/α-hetero) is 1. The van der Waals surface area contributed by atoms with Crippen molar-refractivity contribution in [3.63, 3.8) is 0 Å². The number of amides is 1. The quantitative estimate of drug-likeness (QED) is 0.178. The number of nitrogens with one attached hydrogen (secondary N) is 3. The number of fused-ring (bicyclic) bond motifs is 1. The molecular weight excluding hydrogens is 540 g/mol. The van der Waals surface area contributed by atoms with E-state index in [9.17, 15) is 19.7 Å². The first-order chi connectivity index (χ1) is 19.6. The minimum absolute atomic E-state index is 0.0245. The van der Waals surface area contributed by atoms with E-state index >= 15 is 0 Å². The molecule has 0 saturated carbocycles. The van der Waals surface area contributed by atoms with Gasteiger partial charge in [0.2, 0.25) is 5.91 Å². The van der Waals surface area contributed by atoms with E-state index in [0.717, 1.165) is 34.2 Å². The van der Waals surface area contributed by atoms with Crippen molar-refractivity contribution in [1.29, 1.82) is 0 Å². The van der Waals surface area contributed by atoms with Crippen LogP contribution in [-0.4, -0.2) is 45.4 Å². The van der Waals surface area contributed by atoms with Gasteiger partial charge in [0.05, 0.1) is 40.9 Å². The molecule has 10 nitrogen and oxygen atoms in total. The fraction of sp³-hybridized carbons (Fsp3) is 0.367. The van der Waals surface area contributed by atoms with E-state index in [1.807, 2.05) is 36.1 Å². The lowest BCUT2D eigenvalue weighted by atomic mass is 9.73. The van der Waals surface area contributed by atoms with Crippen LogP contribution in [0.15, 0.2) is 66.1 Å². The number of non-ortho nitro benzene ring substituents is 1. The maximum Gasteiger partial charge on any atom is 0.269 e. The van der Waals surface area contributed by atoms with Crippen molar-refractivity contribution in [2.75, 3.05) is 29.1 Å². The standard InChI is InChI=1S/C30H34N6O4S/c1-19-24(33-18-32-19)17-41-12-11-31-27(38)16-35-25-10-5-4-9-22(25)34-23-14-30(2,3)15-26(37)28(23)29(35)20-7-6-8-21(13-20)36(39)40/h4-10,13,18,29,34H,11-12,14-17H2,1-3H3,(H,31,38)(H,32,33). The summed E-state index contributed by atoms with van der Waals surface area (Å²) in [6.07, 6.45) is 2.67. The van der Waals surface area contributed by atoms with Gasteiger partial charge in [-0.25, -0.2) is 4.98 Å². The molecule has 0 radical (unpaired) electrons. The van der Waals surface area contributed by atoms with Crippen molar-refractivity contribution in [3.05, 3.63) is 93.2 Å². The number of anilines is 2. The zero-order chi connectivity index (χ0) is 29.1. The highest BCUT2D eigenvalue weighted by molar-refractivity contribution is 7.98. The maximum atomic E-state index is 13.8. The van der Waals surface area contributed by atoms with Crippen LogP contribution >= 0.6 is 11.8 Å². The third-order valence-corrected chi connectivity index (χ3v) is 8.43. The van der Waals surface area contributed by atoms with Gasteiger partial charge in [-0.15, -0.1) is 0 Å². The van der Waals surface area contributed by atoms with Crippen molar-refractivity contribution in [3.8, 4) is 0 Å². The molecule has 1 aliphatic heterocycles. The second-order valence-electron chi connectivity index (χ2n) is 11.2. The number of ketones is 1. The number of H-pyrrole nitrogens is 1. The van der Waals surface area contributed by atoms with Crippen LogP contribution in [-0.2, 0) is 15.3 Å². The van der Waals surface area contributed by atoms with Gasteiger partial charge in [-0.05, 0) is 36.5 Å². The molecule has 2 heterocycles. The minimum Gasteiger partial charge on any atom is -0.357 e. The molecule has 2 aromatic carbocycles. The van der Waals surface area contributed by atoms with Crippen molar-refractivity contribution in [2.24, 2.45) is 5.41 Å². The van der Waals surface area contributed by atoms with Crippen molar-refractivity contribution in [2.45, 2.75) is 45.4 Å². The molecule has 0 spiro atoms. The molecule has 214 valence electrons. The number of para-hydroxylation sites is 2. The van der Waals surface area contributed by atoms with Gasteiger partial charge in [-0.2, -0.15) is 11.8 Å². The number of rotatable bonds is 9. The van der Waals surface area contributed by atoms with E-state index in [-0.39, 0.29) is 29.3 Å². The van der Waals surface area contributed by atoms with E-state index in [1.165, 1.54) is 12.1 Å². The highest BCUT2D eigenvalue weighted by Gasteiger charge is 2.42. The Balaban J connectivity index is 1.46. The molecule has 0 fully saturated rings. The maximum absolute atomic E-state index is 13.8. The van der Waals surface area contributed by atoms with Gasteiger partial charge in [0.15, 0.2) is 5.78 Å². The summed E-state index contributed by atoms with van der Waals surface area (Å²) in [5.41, 5.74) is 5.21. The van der Waals surface area contributed by atoms with Gasteiger partial charge in [0.25, 0.3) is 5.69 Å². The van der Waals surface area contributed by atoms with Crippen LogP contribution in [0.5, 0.6) is 0 Å². The number of benzene rings is 2. The van der Waals surface area contributed by atoms with Gasteiger partial charge in [0.1, 0.15) is 0 Å².